The maximum absolute atomic E-state index is 12.6. The highest BCUT2D eigenvalue weighted by molar-refractivity contribution is 7.09. The minimum atomic E-state index is 0.306. The molecule has 23 heavy (non-hydrogen) atoms. The standard InChI is InChI=1S/C17H24N4OS/c22-17(7-3-10-20-14-18-13-19-20)21-11-2-1-5-15(21)8-9-16-6-4-12-23-16/h4,6,12-15H,1-3,5,7-11H2/t15-/m0/s1. The molecule has 3 heterocycles. The molecule has 0 saturated carbocycles. The van der Waals surface area contributed by atoms with Crippen LogP contribution in [0.3, 0.4) is 0 Å². The lowest BCUT2D eigenvalue weighted by atomic mass is 9.97. The van der Waals surface area contributed by atoms with Crippen LogP contribution < -0.4 is 0 Å². The van der Waals surface area contributed by atoms with Gasteiger partial charge in [0.05, 0.1) is 0 Å². The van der Waals surface area contributed by atoms with Crippen molar-refractivity contribution >= 4 is 17.2 Å². The van der Waals surface area contributed by atoms with E-state index in [1.54, 1.807) is 11.0 Å². The first-order chi connectivity index (χ1) is 11.3. The van der Waals surface area contributed by atoms with Crippen molar-refractivity contribution in [2.24, 2.45) is 0 Å². The van der Waals surface area contributed by atoms with Crippen LogP contribution in [0.2, 0.25) is 0 Å². The number of amides is 1. The zero-order valence-corrected chi connectivity index (χ0v) is 14.2. The van der Waals surface area contributed by atoms with Crippen LogP contribution in [0.1, 0.15) is 43.4 Å². The average molecular weight is 332 g/mol. The van der Waals surface area contributed by atoms with Crippen LogP contribution in [-0.4, -0.2) is 38.2 Å². The third-order valence-corrected chi connectivity index (χ3v) is 5.43. The molecule has 0 aliphatic carbocycles. The first-order valence-corrected chi connectivity index (χ1v) is 9.35. The molecule has 124 valence electrons. The Hall–Kier alpha value is -1.69. The number of carbonyl (C=O) groups is 1. The van der Waals surface area contributed by atoms with Crippen LogP contribution in [-0.2, 0) is 17.8 Å². The first-order valence-electron chi connectivity index (χ1n) is 8.47. The van der Waals surface area contributed by atoms with Crippen molar-refractivity contribution < 1.29 is 4.79 Å². The Balaban J connectivity index is 1.47. The second-order valence-corrected chi connectivity index (χ2v) is 7.15. The van der Waals surface area contributed by atoms with Gasteiger partial charge in [0.15, 0.2) is 0 Å². The summed E-state index contributed by atoms with van der Waals surface area (Å²) in [5.41, 5.74) is 0. The van der Waals surface area contributed by atoms with Gasteiger partial charge in [0.1, 0.15) is 12.7 Å². The highest BCUT2D eigenvalue weighted by Crippen LogP contribution is 2.23. The number of hydrogen-bond donors (Lipinski definition) is 0. The number of rotatable bonds is 7. The molecule has 6 heteroatoms. The molecule has 0 bridgehead atoms. The molecule has 0 radical (unpaired) electrons. The molecule has 0 spiro atoms. The van der Waals surface area contributed by atoms with Gasteiger partial charge in [0.25, 0.3) is 0 Å². The molecular formula is C17H24N4OS. The van der Waals surface area contributed by atoms with E-state index in [-0.39, 0.29) is 0 Å². The van der Waals surface area contributed by atoms with E-state index in [0.717, 1.165) is 45.2 Å². The summed E-state index contributed by atoms with van der Waals surface area (Å²) in [4.78, 5) is 20.1. The third-order valence-electron chi connectivity index (χ3n) is 4.50. The molecule has 1 aliphatic heterocycles. The van der Waals surface area contributed by atoms with Crippen LogP contribution in [0, 0.1) is 0 Å². The molecule has 1 atom stereocenters. The second kappa shape index (κ2) is 8.24. The Morgan fingerprint density at radius 1 is 1.39 bits per heavy atom. The van der Waals surface area contributed by atoms with Gasteiger partial charge in [-0.3, -0.25) is 9.48 Å². The normalized spacial score (nSPS) is 18.3. The Kier molecular flexibility index (Phi) is 5.80. The van der Waals surface area contributed by atoms with E-state index in [1.165, 1.54) is 17.6 Å². The van der Waals surface area contributed by atoms with Gasteiger partial charge in [-0.05, 0) is 50.0 Å². The summed E-state index contributed by atoms with van der Waals surface area (Å²) in [6, 6.07) is 4.72. The summed E-state index contributed by atoms with van der Waals surface area (Å²) in [6.45, 7) is 1.69. The molecule has 0 aromatic carbocycles. The van der Waals surface area contributed by atoms with Crippen LogP contribution in [0.25, 0.3) is 0 Å². The van der Waals surface area contributed by atoms with Crippen molar-refractivity contribution in [2.75, 3.05) is 6.54 Å². The third kappa shape index (κ3) is 4.64. The Labute approximate surface area is 141 Å². The van der Waals surface area contributed by atoms with E-state index < -0.39 is 0 Å². The summed E-state index contributed by atoms with van der Waals surface area (Å²) in [6.07, 6.45) is 10.4. The predicted molar refractivity (Wildman–Crippen MR) is 91.2 cm³/mol. The largest absolute Gasteiger partial charge is 0.340 e. The molecule has 2 aromatic heterocycles. The molecule has 1 aliphatic rings. The highest BCUT2D eigenvalue weighted by Gasteiger charge is 2.25. The van der Waals surface area contributed by atoms with Gasteiger partial charge in [-0.25, -0.2) is 4.98 Å². The Morgan fingerprint density at radius 3 is 3.13 bits per heavy atom. The number of likely N-dealkylation sites (tertiary alicyclic amines) is 1. The second-order valence-electron chi connectivity index (χ2n) is 6.12. The smallest absolute Gasteiger partial charge is 0.222 e. The number of aryl methyl sites for hydroxylation is 2. The summed E-state index contributed by atoms with van der Waals surface area (Å²) in [5.74, 6) is 0.306. The summed E-state index contributed by atoms with van der Waals surface area (Å²) >= 11 is 1.81. The zero-order chi connectivity index (χ0) is 15.9. The van der Waals surface area contributed by atoms with E-state index in [1.807, 2.05) is 11.3 Å². The van der Waals surface area contributed by atoms with Gasteiger partial charge in [-0.2, -0.15) is 5.10 Å². The minimum Gasteiger partial charge on any atom is -0.340 e. The molecule has 0 unspecified atom stereocenters. The fraction of sp³-hybridized carbons (Fsp3) is 0.588. The van der Waals surface area contributed by atoms with Crippen LogP contribution >= 0.6 is 11.3 Å². The average Bonchev–Trinajstić information content (AvgIpc) is 3.27. The van der Waals surface area contributed by atoms with Crippen molar-refractivity contribution in [3.8, 4) is 0 Å². The lowest BCUT2D eigenvalue weighted by molar-refractivity contribution is -0.135. The quantitative estimate of drug-likeness (QED) is 0.783. The molecule has 5 nitrogen and oxygen atoms in total. The molecule has 0 N–H and O–H groups in total. The fourth-order valence-corrected chi connectivity index (χ4v) is 4.00. The predicted octanol–water partition coefficient (Wildman–Crippen LogP) is 3.13. The topological polar surface area (TPSA) is 51.0 Å². The summed E-state index contributed by atoms with van der Waals surface area (Å²) in [7, 11) is 0. The number of carbonyl (C=O) groups excluding carboxylic acids is 1. The number of hydrogen-bond acceptors (Lipinski definition) is 4. The maximum atomic E-state index is 12.6. The maximum Gasteiger partial charge on any atom is 0.222 e. The van der Waals surface area contributed by atoms with Gasteiger partial charge in [-0.1, -0.05) is 6.07 Å². The van der Waals surface area contributed by atoms with Crippen LogP contribution in [0.15, 0.2) is 30.2 Å². The van der Waals surface area contributed by atoms with Crippen molar-refractivity contribution in [1.82, 2.24) is 19.7 Å². The summed E-state index contributed by atoms with van der Waals surface area (Å²) in [5, 5.41) is 6.21. The van der Waals surface area contributed by atoms with Crippen molar-refractivity contribution in [3.63, 3.8) is 0 Å². The van der Waals surface area contributed by atoms with E-state index in [4.69, 9.17) is 0 Å². The first kappa shape index (κ1) is 16.2. The van der Waals surface area contributed by atoms with Crippen LogP contribution in [0.5, 0.6) is 0 Å². The molecule has 1 amide bonds. The molecule has 3 rings (SSSR count). The molecular weight excluding hydrogens is 308 g/mol. The monoisotopic (exact) mass is 332 g/mol. The van der Waals surface area contributed by atoms with E-state index in [0.29, 0.717) is 18.4 Å². The Bertz CT molecular complexity index is 582. The number of piperidine rings is 1. The van der Waals surface area contributed by atoms with Gasteiger partial charge in [-0.15, -0.1) is 11.3 Å². The van der Waals surface area contributed by atoms with Crippen LogP contribution in [0.4, 0.5) is 0 Å². The molecule has 2 aromatic rings. The van der Waals surface area contributed by atoms with E-state index in [2.05, 4.69) is 32.5 Å². The minimum absolute atomic E-state index is 0.306. The number of thiophene rings is 1. The molecule has 1 fully saturated rings. The Morgan fingerprint density at radius 2 is 2.35 bits per heavy atom. The van der Waals surface area contributed by atoms with Gasteiger partial charge < -0.3 is 4.90 Å². The van der Waals surface area contributed by atoms with Crippen molar-refractivity contribution in [1.29, 1.82) is 0 Å². The number of aromatic nitrogens is 3. The lowest BCUT2D eigenvalue weighted by Crippen LogP contribution is -2.43. The van der Waals surface area contributed by atoms with Gasteiger partial charge in [0.2, 0.25) is 5.91 Å². The van der Waals surface area contributed by atoms with Crippen molar-refractivity contribution in [3.05, 3.63) is 35.0 Å². The van der Waals surface area contributed by atoms with Crippen molar-refractivity contribution in [2.45, 2.75) is 57.5 Å². The molecule has 1 saturated heterocycles. The highest BCUT2D eigenvalue weighted by atomic mass is 32.1. The summed E-state index contributed by atoms with van der Waals surface area (Å²) < 4.78 is 1.79. The van der Waals surface area contributed by atoms with E-state index >= 15 is 0 Å². The fourth-order valence-electron chi connectivity index (χ4n) is 3.28. The van der Waals surface area contributed by atoms with Gasteiger partial charge >= 0.3 is 0 Å². The SMILES string of the molecule is O=C(CCCn1cncn1)N1CCCC[C@H]1CCc1cccs1. The van der Waals surface area contributed by atoms with E-state index in [9.17, 15) is 4.79 Å². The number of nitrogens with zero attached hydrogens (tertiary/aromatic N) is 4. The zero-order valence-electron chi connectivity index (χ0n) is 13.4. The van der Waals surface area contributed by atoms with Gasteiger partial charge in [0, 0.05) is 30.4 Å². The lowest BCUT2D eigenvalue weighted by Gasteiger charge is -2.36.